The van der Waals surface area contributed by atoms with Crippen molar-refractivity contribution in [2.75, 3.05) is 11.9 Å². The Morgan fingerprint density at radius 3 is 2.89 bits per heavy atom. The number of H-pyrrole nitrogens is 1. The van der Waals surface area contributed by atoms with E-state index in [0.29, 0.717) is 0 Å². The van der Waals surface area contributed by atoms with Crippen molar-refractivity contribution in [3.05, 3.63) is 33.9 Å². The minimum absolute atomic E-state index is 0.863. The lowest BCUT2D eigenvalue weighted by atomic mass is 10.3. The molecule has 0 bridgehead atoms. The standard InChI is InChI=1S/C12H16BrN5/c1-8-6-12(15-7-10(8)13)14-5-3-4-11-16-9(2)17-18-11/h6-7H,3-5H2,1-2H3,(H,14,15)(H,16,17,18). The highest BCUT2D eigenvalue weighted by Gasteiger charge is 2.01. The fourth-order valence-electron chi connectivity index (χ4n) is 1.60. The molecule has 18 heavy (non-hydrogen) atoms. The van der Waals surface area contributed by atoms with Gasteiger partial charge in [0.1, 0.15) is 11.6 Å². The van der Waals surface area contributed by atoms with Gasteiger partial charge in [0.25, 0.3) is 0 Å². The Balaban J connectivity index is 1.76. The van der Waals surface area contributed by atoms with Gasteiger partial charge >= 0.3 is 0 Å². The summed E-state index contributed by atoms with van der Waals surface area (Å²) in [6, 6.07) is 2.03. The number of hydrogen-bond acceptors (Lipinski definition) is 4. The Morgan fingerprint density at radius 2 is 2.22 bits per heavy atom. The highest BCUT2D eigenvalue weighted by atomic mass is 79.9. The molecule has 0 unspecified atom stereocenters. The molecule has 5 nitrogen and oxygen atoms in total. The van der Waals surface area contributed by atoms with E-state index < -0.39 is 0 Å². The van der Waals surface area contributed by atoms with Crippen LogP contribution in [-0.4, -0.2) is 26.7 Å². The molecule has 0 aliphatic carbocycles. The molecule has 0 fully saturated rings. The second kappa shape index (κ2) is 5.95. The molecule has 2 aromatic rings. The summed E-state index contributed by atoms with van der Waals surface area (Å²) in [5.41, 5.74) is 1.18. The van der Waals surface area contributed by atoms with Crippen molar-refractivity contribution in [1.82, 2.24) is 20.2 Å². The zero-order valence-electron chi connectivity index (χ0n) is 10.5. The molecule has 0 aliphatic rings. The van der Waals surface area contributed by atoms with Gasteiger partial charge in [0.15, 0.2) is 5.82 Å². The van der Waals surface area contributed by atoms with E-state index >= 15 is 0 Å². The molecular formula is C12H16BrN5. The van der Waals surface area contributed by atoms with Crippen molar-refractivity contribution in [3.8, 4) is 0 Å². The Hall–Kier alpha value is -1.43. The molecule has 6 heteroatoms. The minimum atomic E-state index is 0.863. The number of pyridine rings is 1. The van der Waals surface area contributed by atoms with Gasteiger partial charge in [0.2, 0.25) is 0 Å². The number of aromatic amines is 1. The van der Waals surface area contributed by atoms with Crippen molar-refractivity contribution < 1.29 is 0 Å². The fourth-order valence-corrected chi connectivity index (χ4v) is 1.82. The maximum atomic E-state index is 4.29. The number of rotatable bonds is 5. The summed E-state index contributed by atoms with van der Waals surface area (Å²) in [5, 5.41) is 10.2. The average molecular weight is 310 g/mol. The van der Waals surface area contributed by atoms with Gasteiger partial charge in [-0.1, -0.05) is 0 Å². The Bertz CT molecular complexity index is 523. The van der Waals surface area contributed by atoms with E-state index in [0.717, 1.165) is 41.3 Å². The maximum absolute atomic E-state index is 4.29. The number of halogens is 1. The SMILES string of the molecule is Cc1nc(CCCNc2cc(C)c(Br)cn2)n[nH]1. The fraction of sp³-hybridized carbons (Fsp3) is 0.417. The van der Waals surface area contributed by atoms with Gasteiger partial charge < -0.3 is 5.32 Å². The first-order valence-electron chi connectivity index (χ1n) is 5.89. The van der Waals surface area contributed by atoms with E-state index in [1.807, 2.05) is 26.1 Å². The minimum Gasteiger partial charge on any atom is -0.370 e. The van der Waals surface area contributed by atoms with Crippen molar-refractivity contribution >= 4 is 21.7 Å². The Labute approximate surface area is 115 Å². The second-order valence-electron chi connectivity index (χ2n) is 4.19. The highest BCUT2D eigenvalue weighted by Crippen LogP contribution is 2.17. The molecule has 0 spiro atoms. The van der Waals surface area contributed by atoms with Crippen molar-refractivity contribution in [1.29, 1.82) is 0 Å². The second-order valence-corrected chi connectivity index (χ2v) is 5.04. The predicted octanol–water partition coefficient (Wildman–Crippen LogP) is 2.62. The van der Waals surface area contributed by atoms with Gasteiger partial charge in [0, 0.05) is 23.6 Å². The summed E-state index contributed by atoms with van der Waals surface area (Å²) < 4.78 is 1.03. The van der Waals surface area contributed by atoms with E-state index in [4.69, 9.17) is 0 Å². The van der Waals surface area contributed by atoms with Gasteiger partial charge in [-0.2, -0.15) is 5.10 Å². The maximum Gasteiger partial charge on any atom is 0.150 e. The summed E-state index contributed by atoms with van der Waals surface area (Å²) in [6.45, 7) is 4.82. The first-order chi connectivity index (χ1) is 8.65. The molecule has 0 radical (unpaired) electrons. The van der Waals surface area contributed by atoms with Crippen LogP contribution < -0.4 is 5.32 Å². The lowest BCUT2D eigenvalue weighted by molar-refractivity contribution is 0.803. The molecular weight excluding hydrogens is 294 g/mol. The van der Waals surface area contributed by atoms with E-state index in [1.54, 1.807) is 0 Å². The van der Waals surface area contributed by atoms with Crippen LogP contribution in [0.3, 0.4) is 0 Å². The predicted molar refractivity (Wildman–Crippen MR) is 74.6 cm³/mol. The first-order valence-corrected chi connectivity index (χ1v) is 6.68. The largest absolute Gasteiger partial charge is 0.370 e. The zero-order valence-corrected chi connectivity index (χ0v) is 12.1. The lowest BCUT2D eigenvalue weighted by Gasteiger charge is -2.06. The van der Waals surface area contributed by atoms with Crippen LogP contribution >= 0.6 is 15.9 Å². The van der Waals surface area contributed by atoms with Crippen molar-refractivity contribution in [3.63, 3.8) is 0 Å². The monoisotopic (exact) mass is 309 g/mol. The molecule has 2 rings (SSSR count). The van der Waals surface area contributed by atoms with E-state index in [2.05, 4.69) is 41.4 Å². The molecule has 0 saturated carbocycles. The molecule has 0 aromatic carbocycles. The van der Waals surface area contributed by atoms with Crippen LogP contribution in [0.1, 0.15) is 23.6 Å². The average Bonchev–Trinajstić information content (AvgIpc) is 2.75. The number of aromatic nitrogens is 4. The number of aryl methyl sites for hydroxylation is 3. The van der Waals surface area contributed by atoms with Gasteiger partial charge in [-0.05, 0) is 47.8 Å². The molecule has 0 amide bonds. The van der Waals surface area contributed by atoms with Crippen molar-refractivity contribution in [2.45, 2.75) is 26.7 Å². The van der Waals surface area contributed by atoms with Crippen LogP contribution in [0.4, 0.5) is 5.82 Å². The summed E-state index contributed by atoms with van der Waals surface area (Å²) >= 11 is 3.43. The van der Waals surface area contributed by atoms with Crippen LogP contribution in [0.5, 0.6) is 0 Å². The molecule has 2 heterocycles. The third kappa shape index (κ3) is 3.53. The van der Waals surface area contributed by atoms with Gasteiger partial charge in [-0.3, -0.25) is 5.10 Å². The van der Waals surface area contributed by atoms with Crippen LogP contribution in [0.2, 0.25) is 0 Å². The first kappa shape index (κ1) is 13.0. The number of nitrogens with one attached hydrogen (secondary N) is 2. The van der Waals surface area contributed by atoms with Gasteiger partial charge in [-0.25, -0.2) is 9.97 Å². The molecule has 2 N–H and O–H groups in total. The van der Waals surface area contributed by atoms with E-state index in [-0.39, 0.29) is 0 Å². The van der Waals surface area contributed by atoms with Crippen LogP contribution in [0.15, 0.2) is 16.7 Å². The summed E-state index contributed by atoms with van der Waals surface area (Å²) in [7, 11) is 0. The topological polar surface area (TPSA) is 66.5 Å². The summed E-state index contributed by atoms with van der Waals surface area (Å²) in [4.78, 5) is 8.56. The molecule has 96 valence electrons. The quantitative estimate of drug-likeness (QED) is 0.833. The van der Waals surface area contributed by atoms with Crippen LogP contribution in [0.25, 0.3) is 0 Å². The van der Waals surface area contributed by atoms with Crippen molar-refractivity contribution in [2.24, 2.45) is 0 Å². The lowest BCUT2D eigenvalue weighted by Crippen LogP contribution is -2.05. The van der Waals surface area contributed by atoms with Gasteiger partial charge in [0.05, 0.1) is 0 Å². The third-order valence-electron chi connectivity index (χ3n) is 2.57. The summed E-state index contributed by atoms with van der Waals surface area (Å²) in [5.74, 6) is 2.64. The Morgan fingerprint density at radius 1 is 1.39 bits per heavy atom. The normalized spacial score (nSPS) is 10.6. The number of nitrogens with zero attached hydrogens (tertiary/aromatic N) is 3. The number of hydrogen-bond donors (Lipinski definition) is 2. The van der Waals surface area contributed by atoms with Crippen LogP contribution in [0, 0.1) is 13.8 Å². The Kier molecular flexibility index (Phi) is 4.30. The van der Waals surface area contributed by atoms with Crippen LogP contribution in [-0.2, 0) is 6.42 Å². The highest BCUT2D eigenvalue weighted by molar-refractivity contribution is 9.10. The molecule has 2 aromatic heterocycles. The van der Waals surface area contributed by atoms with Gasteiger partial charge in [-0.15, -0.1) is 0 Å². The third-order valence-corrected chi connectivity index (χ3v) is 3.40. The zero-order chi connectivity index (χ0) is 13.0. The molecule has 0 saturated heterocycles. The van der Waals surface area contributed by atoms with E-state index in [9.17, 15) is 0 Å². The summed E-state index contributed by atoms with van der Waals surface area (Å²) in [6.07, 6.45) is 3.66. The molecule has 0 atom stereocenters. The molecule has 0 aliphatic heterocycles. The smallest absolute Gasteiger partial charge is 0.150 e. The van der Waals surface area contributed by atoms with E-state index in [1.165, 1.54) is 5.56 Å². The number of anilines is 1.